The lowest BCUT2D eigenvalue weighted by molar-refractivity contribution is -0.137. The van der Waals surface area contributed by atoms with E-state index in [9.17, 15) is 21.6 Å². The van der Waals surface area contributed by atoms with Crippen molar-refractivity contribution in [1.82, 2.24) is 4.31 Å². The SMILES string of the molecule is N#Cc1ccc(N2CCN(S(=O)(=O)c3ccc(Cl)cc3)CC2)cc1C(F)(F)F. The molecule has 0 unspecified atom stereocenters. The molecule has 3 rings (SSSR count). The molecule has 0 amide bonds. The van der Waals surface area contributed by atoms with Gasteiger partial charge in [-0.2, -0.15) is 22.7 Å². The highest BCUT2D eigenvalue weighted by Gasteiger charge is 2.35. The third-order valence-electron chi connectivity index (χ3n) is 4.48. The Hall–Kier alpha value is -2.28. The van der Waals surface area contributed by atoms with Crippen molar-refractivity contribution in [3.05, 3.63) is 58.6 Å². The van der Waals surface area contributed by atoms with Gasteiger partial charge in [0.1, 0.15) is 0 Å². The van der Waals surface area contributed by atoms with E-state index in [4.69, 9.17) is 16.9 Å². The Morgan fingerprint density at radius 3 is 2.14 bits per heavy atom. The van der Waals surface area contributed by atoms with Crippen molar-refractivity contribution in [3.63, 3.8) is 0 Å². The number of halogens is 4. The summed E-state index contributed by atoms with van der Waals surface area (Å²) in [6.45, 7) is 0.727. The minimum atomic E-state index is -4.64. The Morgan fingerprint density at radius 1 is 1.00 bits per heavy atom. The van der Waals surface area contributed by atoms with Crippen LogP contribution in [0.1, 0.15) is 11.1 Å². The number of sulfonamides is 1. The van der Waals surface area contributed by atoms with Crippen LogP contribution in [0.15, 0.2) is 47.4 Å². The van der Waals surface area contributed by atoms with E-state index in [1.165, 1.54) is 34.6 Å². The maximum Gasteiger partial charge on any atom is 0.417 e. The van der Waals surface area contributed by atoms with Gasteiger partial charge in [0.25, 0.3) is 0 Å². The van der Waals surface area contributed by atoms with Crippen molar-refractivity contribution >= 4 is 27.3 Å². The number of anilines is 1. The number of hydrogen-bond donors (Lipinski definition) is 0. The number of nitrogens with zero attached hydrogens (tertiary/aromatic N) is 3. The normalized spacial score (nSPS) is 16.0. The minimum absolute atomic E-state index is 0.114. The fourth-order valence-corrected chi connectivity index (χ4v) is 4.55. The van der Waals surface area contributed by atoms with Gasteiger partial charge in [-0.15, -0.1) is 0 Å². The molecular weight excluding hydrogens is 415 g/mol. The third-order valence-corrected chi connectivity index (χ3v) is 6.65. The molecule has 0 aliphatic carbocycles. The fourth-order valence-electron chi connectivity index (χ4n) is 3.00. The van der Waals surface area contributed by atoms with Crippen LogP contribution in [0.5, 0.6) is 0 Å². The van der Waals surface area contributed by atoms with E-state index in [-0.39, 0.29) is 31.1 Å². The molecule has 1 aliphatic heterocycles. The second kappa shape index (κ2) is 7.62. The smallest absolute Gasteiger partial charge is 0.369 e. The Balaban J connectivity index is 1.77. The van der Waals surface area contributed by atoms with Gasteiger partial charge in [0, 0.05) is 36.9 Å². The van der Waals surface area contributed by atoms with E-state index in [0.717, 1.165) is 12.1 Å². The molecule has 1 saturated heterocycles. The van der Waals surface area contributed by atoms with Crippen molar-refractivity contribution in [3.8, 4) is 6.07 Å². The van der Waals surface area contributed by atoms with Gasteiger partial charge in [-0.3, -0.25) is 0 Å². The summed E-state index contributed by atoms with van der Waals surface area (Å²) in [5.74, 6) is 0. The summed E-state index contributed by atoms with van der Waals surface area (Å²) < 4.78 is 66.1. The zero-order valence-corrected chi connectivity index (χ0v) is 16.0. The maximum absolute atomic E-state index is 13.2. The average Bonchev–Trinajstić information content (AvgIpc) is 2.67. The van der Waals surface area contributed by atoms with E-state index in [0.29, 0.717) is 10.7 Å². The average molecular weight is 430 g/mol. The molecular formula is C18H15ClF3N3O2S. The van der Waals surface area contributed by atoms with Crippen LogP contribution in [-0.4, -0.2) is 38.9 Å². The van der Waals surface area contributed by atoms with Gasteiger partial charge in [0.2, 0.25) is 10.0 Å². The molecule has 0 N–H and O–H groups in total. The fraction of sp³-hybridized carbons (Fsp3) is 0.278. The van der Waals surface area contributed by atoms with Crippen LogP contribution >= 0.6 is 11.6 Å². The molecule has 1 fully saturated rings. The highest BCUT2D eigenvalue weighted by molar-refractivity contribution is 7.89. The zero-order chi connectivity index (χ0) is 20.5. The van der Waals surface area contributed by atoms with Gasteiger partial charge in [-0.05, 0) is 42.5 Å². The van der Waals surface area contributed by atoms with Crippen molar-refractivity contribution in [1.29, 1.82) is 5.26 Å². The lowest BCUT2D eigenvalue weighted by Gasteiger charge is -2.35. The Kier molecular flexibility index (Phi) is 5.57. The first-order valence-electron chi connectivity index (χ1n) is 8.25. The second-order valence-electron chi connectivity index (χ2n) is 6.18. The van der Waals surface area contributed by atoms with E-state index in [1.807, 2.05) is 0 Å². The van der Waals surface area contributed by atoms with E-state index in [2.05, 4.69) is 0 Å². The molecule has 5 nitrogen and oxygen atoms in total. The van der Waals surface area contributed by atoms with Crippen LogP contribution in [0.25, 0.3) is 0 Å². The number of alkyl halides is 3. The van der Waals surface area contributed by atoms with Crippen LogP contribution < -0.4 is 4.90 Å². The molecule has 0 bridgehead atoms. The molecule has 10 heteroatoms. The van der Waals surface area contributed by atoms with Crippen LogP contribution in [0.2, 0.25) is 5.02 Å². The molecule has 0 spiro atoms. The van der Waals surface area contributed by atoms with E-state index >= 15 is 0 Å². The van der Waals surface area contributed by atoms with Crippen LogP contribution in [0.4, 0.5) is 18.9 Å². The molecule has 28 heavy (non-hydrogen) atoms. The molecule has 2 aromatic rings. The van der Waals surface area contributed by atoms with Crippen molar-refractivity contribution < 1.29 is 21.6 Å². The second-order valence-corrected chi connectivity index (χ2v) is 8.56. The quantitative estimate of drug-likeness (QED) is 0.745. The monoisotopic (exact) mass is 429 g/mol. The summed E-state index contributed by atoms with van der Waals surface area (Å²) in [4.78, 5) is 1.78. The van der Waals surface area contributed by atoms with Gasteiger partial charge in [0.05, 0.1) is 22.1 Å². The van der Waals surface area contributed by atoms with Gasteiger partial charge >= 0.3 is 6.18 Å². The molecule has 0 saturated carbocycles. The Bertz CT molecular complexity index is 1010. The topological polar surface area (TPSA) is 64.4 Å². The van der Waals surface area contributed by atoms with E-state index < -0.39 is 27.3 Å². The van der Waals surface area contributed by atoms with Crippen molar-refractivity contribution in [2.24, 2.45) is 0 Å². The van der Waals surface area contributed by atoms with Gasteiger partial charge < -0.3 is 4.90 Å². The van der Waals surface area contributed by atoms with Crippen LogP contribution in [0, 0.1) is 11.3 Å². The van der Waals surface area contributed by atoms with Gasteiger partial charge in [-0.1, -0.05) is 11.6 Å². The van der Waals surface area contributed by atoms with Gasteiger partial charge in [0.15, 0.2) is 0 Å². The lowest BCUT2D eigenvalue weighted by atomic mass is 10.1. The standard InChI is InChI=1S/C18H15ClF3N3O2S/c19-14-2-5-16(6-3-14)28(26,27)25-9-7-24(8-10-25)15-4-1-13(12-23)17(11-15)18(20,21)22/h1-6,11H,7-10H2. The summed E-state index contributed by atoms with van der Waals surface area (Å²) in [7, 11) is -3.70. The predicted molar refractivity (Wildman–Crippen MR) is 98.6 cm³/mol. The molecule has 0 radical (unpaired) electrons. The van der Waals surface area contributed by atoms with Crippen LogP contribution in [-0.2, 0) is 16.2 Å². The van der Waals surface area contributed by atoms with Crippen molar-refractivity contribution in [2.45, 2.75) is 11.1 Å². The largest absolute Gasteiger partial charge is 0.417 e. The maximum atomic E-state index is 13.2. The van der Waals surface area contributed by atoms with Gasteiger partial charge in [-0.25, -0.2) is 8.42 Å². The highest BCUT2D eigenvalue weighted by atomic mass is 35.5. The summed E-state index contributed by atoms with van der Waals surface area (Å²) in [5, 5.41) is 9.31. The number of hydrogen-bond acceptors (Lipinski definition) is 4. The predicted octanol–water partition coefficient (Wildman–Crippen LogP) is 3.74. The van der Waals surface area contributed by atoms with Crippen molar-refractivity contribution in [2.75, 3.05) is 31.1 Å². The number of nitriles is 1. The zero-order valence-electron chi connectivity index (χ0n) is 14.4. The molecule has 2 aromatic carbocycles. The first kappa shape index (κ1) is 20.5. The number of benzene rings is 2. The summed E-state index contributed by atoms with van der Waals surface area (Å²) in [5.41, 5.74) is -1.14. The lowest BCUT2D eigenvalue weighted by Crippen LogP contribution is -2.48. The van der Waals surface area contributed by atoms with E-state index in [1.54, 1.807) is 11.0 Å². The first-order valence-corrected chi connectivity index (χ1v) is 10.1. The third kappa shape index (κ3) is 4.09. The molecule has 0 aromatic heterocycles. The summed E-state index contributed by atoms with van der Waals surface area (Å²) >= 11 is 5.79. The molecule has 148 valence electrons. The Labute approximate surface area is 165 Å². The summed E-state index contributed by atoms with van der Waals surface area (Å²) in [6, 6.07) is 10.9. The molecule has 0 atom stereocenters. The first-order chi connectivity index (χ1) is 13.1. The minimum Gasteiger partial charge on any atom is -0.369 e. The highest BCUT2D eigenvalue weighted by Crippen LogP contribution is 2.34. The molecule has 1 aliphatic rings. The molecule has 1 heterocycles. The summed E-state index contributed by atoms with van der Waals surface area (Å²) in [6.07, 6.45) is -4.64. The number of piperazine rings is 1. The Morgan fingerprint density at radius 2 is 1.61 bits per heavy atom. The van der Waals surface area contributed by atoms with Crippen LogP contribution in [0.3, 0.4) is 0 Å². The number of rotatable bonds is 3.